The lowest BCUT2D eigenvalue weighted by Crippen LogP contribution is -2.31. The van der Waals surface area contributed by atoms with Crippen molar-refractivity contribution in [1.82, 2.24) is 20.5 Å². The number of carbonyl (C=O) groups excluding carboxylic acids is 1. The zero-order valence-corrected chi connectivity index (χ0v) is 15.6. The Morgan fingerprint density at radius 2 is 2.14 bits per heavy atom. The van der Waals surface area contributed by atoms with E-state index >= 15 is 0 Å². The minimum absolute atomic E-state index is 0.163. The van der Waals surface area contributed by atoms with E-state index in [0.29, 0.717) is 5.56 Å². The Bertz CT molecular complexity index is 983. The summed E-state index contributed by atoms with van der Waals surface area (Å²) in [6, 6.07) is 8.10. The molecule has 0 bridgehead atoms. The zero-order chi connectivity index (χ0) is 19.9. The summed E-state index contributed by atoms with van der Waals surface area (Å²) >= 11 is 1.66. The van der Waals surface area contributed by atoms with Crippen LogP contribution in [0.15, 0.2) is 42.7 Å². The summed E-state index contributed by atoms with van der Waals surface area (Å²) < 4.78 is 39.3. The molecular weight excluding hydrogens is 389 g/mol. The fourth-order valence-electron chi connectivity index (χ4n) is 3.26. The molecule has 2 aromatic heterocycles. The Morgan fingerprint density at radius 1 is 1.32 bits per heavy atom. The first-order valence-electron chi connectivity index (χ1n) is 8.72. The van der Waals surface area contributed by atoms with Crippen molar-refractivity contribution in [2.45, 2.75) is 31.5 Å². The minimum atomic E-state index is -4.47. The maximum atomic E-state index is 13.1. The number of aromatic nitrogens is 3. The second kappa shape index (κ2) is 7.05. The van der Waals surface area contributed by atoms with Gasteiger partial charge in [0.15, 0.2) is 5.82 Å². The molecule has 0 aliphatic heterocycles. The number of benzene rings is 1. The number of alkyl halides is 3. The van der Waals surface area contributed by atoms with Crippen LogP contribution in [0.1, 0.15) is 45.1 Å². The predicted molar refractivity (Wildman–Crippen MR) is 97.7 cm³/mol. The van der Waals surface area contributed by atoms with Crippen LogP contribution in [0.3, 0.4) is 0 Å². The molecule has 28 heavy (non-hydrogen) atoms. The quantitative estimate of drug-likeness (QED) is 0.667. The van der Waals surface area contributed by atoms with Crippen molar-refractivity contribution in [2.24, 2.45) is 5.92 Å². The highest BCUT2D eigenvalue weighted by atomic mass is 32.1. The summed E-state index contributed by atoms with van der Waals surface area (Å²) in [4.78, 5) is 19.1. The molecule has 0 saturated heterocycles. The number of halogens is 3. The van der Waals surface area contributed by atoms with Gasteiger partial charge in [-0.15, -0.1) is 11.3 Å². The average Bonchev–Trinajstić information content (AvgIpc) is 3.05. The van der Waals surface area contributed by atoms with Crippen LogP contribution in [0, 0.1) is 12.8 Å². The Hall–Kier alpha value is -2.68. The van der Waals surface area contributed by atoms with Gasteiger partial charge in [-0.25, -0.2) is 4.98 Å². The Balaban J connectivity index is 1.56. The van der Waals surface area contributed by atoms with Crippen molar-refractivity contribution in [2.75, 3.05) is 0 Å². The molecule has 1 fully saturated rings. The normalized spacial score (nSPS) is 20.0. The number of H-pyrrole nitrogens is 1. The Morgan fingerprint density at radius 3 is 2.79 bits per heavy atom. The summed E-state index contributed by atoms with van der Waals surface area (Å²) in [5.41, 5.74) is -0.480. The molecular formula is C19H17F3N4OS. The van der Waals surface area contributed by atoms with E-state index in [1.54, 1.807) is 11.3 Å². The largest absolute Gasteiger partial charge is 0.416 e. The third-order valence-corrected chi connectivity index (χ3v) is 5.93. The lowest BCUT2D eigenvalue weighted by molar-refractivity contribution is -0.137. The first-order valence-corrected chi connectivity index (χ1v) is 9.53. The molecule has 2 heterocycles. The average molecular weight is 406 g/mol. The van der Waals surface area contributed by atoms with Gasteiger partial charge in [0.05, 0.1) is 5.56 Å². The summed E-state index contributed by atoms with van der Waals surface area (Å²) in [7, 11) is 0. The molecule has 3 unspecified atom stereocenters. The van der Waals surface area contributed by atoms with Gasteiger partial charge in [-0.3, -0.25) is 9.89 Å². The molecule has 5 nitrogen and oxygen atoms in total. The van der Waals surface area contributed by atoms with E-state index in [2.05, 4.69) is 20.5 Å². The van der Waals surface area contributed by atoms with E-state index in [9.17, 15) is 18.0 Å². The van der Waals surface area contributed by atoms with E-state index in [4.69, 9.17) is 0 Å². The van der Waals surface area contributed by atoms with E-state index < -0.39 is 17.8 Å². The van der Waals surface area contributed by atoms with Crippen LogP contribution in [0.5, 0.6) is 0 Å². The van der Waals surface area contributed by atoms with Gasteiger partial charge in [-0.2, -0.15) is 18.3 Å². The second-order valence-corrected chi connectivity index (χ2v) is 8.15. The van der Waals surface area contributed by atoms with Gasteiger partial charge < -0.3 is 5.32 Å². The predicted octanol–water partition coefficient (Wildman–Crippen LogP) is 4.20. The first-order chi connectivity index (χ1) is 13.3. The highest BCUT2D eigenvalue weighted by Gasteiger charge is 2.45. The standard InChI is InChI=1S/C19H17F3N4OS/c1-10-5-6-15(28-10)13-8-14(13)18(27)25-16(17-23-9-24-26-17)11-3-2-4-12(7-11)19(20,21)22/h2-7,9,13-14,16H,8H2,1H3,(H,25,27)(H,23,24,26). The van der Waals surface area contributed by atoms with Crippen LogP contribution in [0.4, 0.5) is 13.2 Å². The number of amides is 1. The maximum Gasteiger partial charge on any atom is 0.416 e. The SMILES string of the molecule is Cc1ccc(C2CC2C(=O)NC(c2cccc(C(F)(F)F)c2)c2ncn[nH]2)s1. The molecule has 0 spiro atoms. The topological polar surface area (TPSA) is 70.7 Å². The monoisotopic (exact) mass is 406 g/mol. The van der Waals surface area contributed by atoms with Gasteiger partial charge in [0.2, 0.25) is 5.91 Å². The van der Waals surface area contributed by atoms with E-state index in [0.717, 1.165) is 23.4 Å². The fourth-order valence-corrected chi connectivity index (χ4v) is 4.32. The third-order valence-electron chi connectivity index (χ3n) is 4.79. The van der Waals surface area contributed by atoms with Gasteiger partial charge in [0.1, 0.15) is 12.4 Å². The summed E-state index contributed by atoms with van der Waals surface area (Å²) in [6.07, 6.45) is -2.47. The molecule has 0 radical (unpaired) electrons. The summed E-state index contributed by atoms with van der Waals surface area (Å²) in [5, 5.41) is 9.26. The Labute approximate surface area is 163 Å². The van der Waals surface area contributed by atoms with E-state index in [1.807, 2.05) is 19.1 Å². The van der Waals surface area contributed by atoms with Crippen LogP contribution in [0.2, 0.25) is 0 Å². The summed E-state index contributed by atoms with van der Waals surface area (Å²) in [5.74, 6) is 0.0663. The first kappa shape index (κ1) is 18.7. The van der Waals surface area contributed by atoms with Gasteiger partial charge in [0, 0.05) is 21.6 Å². The van der Waals surface area contributed by atoms with E-state index in [-0.39, 0.29) is 23.6 Å². The van der Waals surface area contributed by atoms with Gasteiger partial charge in [-0.05, 0) is 43.2 Å². The van der Waals surface area contributed by atoms with Crippen LogP contribution in [0.25, 0.3) is 0 Å². The molecule has 3 atom stereocenters. The molecule has 1 aromatic carbocycles. The summed E-state index contributed by atoms with van der Waals surface area (Å²) in [6.45, 7) is 2.01. The van der Waals surface area contributed by atoms with Crippen molar-refractivity contribution in [3.63, 3.8) is 0 Å². The number of aromatic amines is 1. The number of hydrogen-bond acceptors (Lipinski definition) is 4. The highest BCUT2D eigenvalue weighted by Crippen LogP contribution is 2.50. The molecule has 1 amide bonds. The van der Waals surface area contributed by atoms with E-state index in [1.165, 1.54) is 23.3 Å². The number of rotatable bonds is 5. The third kappa shape index (κ3) is 3.80. The number of aryl methyl sites for hydroxylation is 1. The number of thiophene rings is 1. The number of hydrogen-bond donors (Lipinski definition) is 2. The molecule has 3 aromatic rings. The van der Waals surface area contributed by atoms with Crippen molar-refractivity contribution < 1.29 is 18.0 Å². The van der Waals surface area contributed by atoms with Crippen molar-refractivity contribution in [3.8, 4) is 0 Å². The lowest BCUT2D eigenvalue weighted by Gasteiger charge is -2.18. The maximum absolute atomic E-state index is 13.1. The van der Waals surface area contributed by atoms with Crippen LogP contribution < -0.4 is 5.32 Å². The van der Waals surface area contributed by atoms with Crippen LogP contribution in [-0.4, -0.2) is 21.1 Å². The second-order valence-electron chi connectivity index (χ2n) is 6.83. The Kier molecular flexibility index (Phi) is 4.70. The van der Waals surface area contributed by atoms with Crippen molar-refractivity contribution >= 4 is 17.2 Å². The van der Waals surface area contributed by atoms with Gasteiger partial charge in [0.25, 0.3) is 0 Å². The zero-order valence-electron chi connectivity index (χ0n) is 14.8. The van der Waals surface area contributed by atoms with Crippen molar-refractivity contribution in [1.29, 1.82) is 0 Å². The number of nitrogens with one attached hydrogen (secondary N) is 2. The van der Waals surface area contributed by atoms with Crippen LogP contribution >= 0.6 is 11.3 Å². The van der Waals surface area contributed by atoms with Crippen molar-refractivity contribution in [3.05, 3.63) is 69.4 Å². The number of nitrogens with zero attached hydrogens (tertiary/aromatic N) is 2. The van der Waals surface area contributed by atoms with Gasteiger partial charge >= 0.3 is 6.18 Å². The highest BCUT2D eigenvalue weighted by molar-refractivity contribution is 7.12. The molecule has 4 rings (SSSR count). The minimum Gasteiger partial charge on any atom is -0.342 e. The smallest absolute Gasteiger partial charge is 0.342 e. The van der Waals surface area contributed by atoms with Crippen LogP contribution in [-0.2, 0) is 11.0 Å². The molecule has 9 heteroatoms. The number of carbonyl (C=O) groups is 1. The molecule has 1 aliphatic carbocycles. The van der Waals surface area contributed by atoms with Gasteiger partial charge in [-0.1, -0.05) is 12.1 Å². The molecule has 2 N–H and O–H groups in total. The molecule has 146 valence electrons. The molecule has 1 aliphatic rings. The fraction of sp³-hybridized carbons (Fsp3) is 0.316. The molecule has 1 saturated carbocycles. The lowest BCUT2D eigenvalue weighted by atomic mass is 10.0.